The maximum Gasteiger partial charge on any atom is 0.418 e. The Balaban J connectivity index is 2.04. The van der Waals surface area contributed by atoms with E-state index in [9.17, 15) is 27.2 Å². The van der Waals surface area contributed by atoms with Crippen molar-refractivity contribution in [3.05, 3.63) is 76.7 Å². The molecule has 1 aliphatic rings. The van der Waals surface area contributed by atoms with Crippen LogP contribution < -0.4 is 10.6 Å². The van der Waals surface area contributed by atoms with E-state index in [2.05, 4.69) is 10.6 Å². The van der Waals surface area contributed by atoms with Crippen molar-refractivity contribution >= 4 is 17.6 Å². The first-order valence-electron chi connectivity index (χ1n) is 8.57. The number of amides is 3. The van der Waals surface area contributed by atoms with Gasteiger partial charge in [0.05, 0.1) is 22.9 Å². The molecule has 5 nitrogen and oxygen atoms in total. The van der Waals surface area contributed by atoms with Gasteiger partial charge in [0, 0.05) is 12.7 Å². The molecule has 0 fully saturated rings. The molecule has 3 amide bonds. The van der Waals surface area contributed by atoms with Crippen molar-refractivity contribution in [1.82, 2.24) is 10.2 Å². The normalized spacial score (nSPS) is 17.2. The largest absolute Gasteiger partial charge is 0.418 e. The van der Waals surface area contributed by atoms with E-state index >= 15 is 0 Å². The molecule has 9 heteroatoms. The van der Waals surface area contributed by atoms with Crippen LogP contribution in [0.25, 0.3) is 0 Å². The van der Waals surface area contributed by atoms with E-state index in [4.69, 9.17) is 0 Å². The number of anilines is 1. The molecular weight excluding hydrogens is 390 g/mol. The number of halogens is 4. The van der Waals surface area contributed by atoms with Gasteiger partial charge in [-0.1, -0.05) is 24.3 Å². The molecule has 0 saturated heterocycles. The standard InChI is InChI=1S/C20H17F4N3O2/c1-11-16(18(28)25-15-9-4-3-8-14(15)20(22,23)24)17(26-19(29)27(11)2)12-6-5-7-13(21)10-12/h3-10,17H,1-2H3,(H,25,28)(H,26,29)/t17-/m0/s1. The first kappa shape index (κ1) is 20.4. The second kappa shape index (κ2) is 7.57. The molecular formula is C20H17F4N3O2. The lowest BCUT2D eigenvalue weighted by Gasteiger charge is -2.33. The summed E-state index contributed by atoms with van der Waals surface area (Å²) in [5, 5.41) is 4.86. The number of benzene rings is 2. The monoisotopic (exact) mass is 407 g/mol. The second-order valence-electron chi connectivity index (χ2n) is 6.49. The highest BCUT2D eigenvalue weighted by molar-refractivity contribution is 6.07. The molecule has 0 spiro atoms. The summed E-state index contributed by atoms with van der Waals surface area (Å²) in [5.74, 6) is -1.41. The number of alkyl halides is 3. The van der Waals surface area contributed by atoms with Gasteiger partial charge in [-0.25, -0.2) is 9.18 Å². The zero-order valence-corrected chi connectivity index (χ0v) is 15.5. The molecule has 29 heavy (non-hydrogen) atoms. The van der Waals surface area contributed by atoms with Crippen molar-refractivity contribution in [3.8, 4) is 0 Å². The third kappa shape index (κ3) is 4.08. The maximum absolute atomic E-state index is 13.7. The predicted octanol–water partition coefficient (Wildman–Crippen LogP) is 4.45. The third-order valence-electron chi connectivity index (χ3n) is 4.66. The molecule has 2 aromatic carbocycles. The van der Waals surface area contributed by atoms with Gasteiger partial charge in [0.15, 0.2) is 0 Å². The summed E-state index contributed by atoms with van der Waals surface area (Å²) in [6, 6.07) is 8.32. The van der Waals surface area contributed by atoms with E-state index < -0.39 is 41.2 Å². The van der Waals surface area contributed by atoms with E-state index in [0.717, 1.165) is 18.2 Å². The summed E-state index contributed by atoms with van der Waals surface area (Å²) in [6.07, 6.45) is -4.66. The fraction of sp³-hybridized carbons (Fsp3) is 0.200. The van der Waals surface area contributed by atoms with E-state index in [1.807, 2.05) is 0 Å². The number of hydrogen-bond donors (Lipinski definition) is 2. The lowest BCUT2D eigenvalue weighted by molar-refractivity contribution is -0.137. The number of para-hydroxylation sites is 1. The Bertz CT molecular complexity index is 1000. The van der Waals surface area contributed by atoms with Gasteiger partial charge in [-0.2, -0.15) is 13.2 Å². The highest BCUT2D eigenvalue weighted by Gasteiger charge is 2.37. The number of allylic oxidation sites excluding steroid dienone is 1. The van der Waals surface area contributed by atoms with Crippen LogP contribution >= 0.6 is 0 Å². The fourth-order valence-electron chi connectivity index (χ4n) is 3.09. The highest BCUT2D eigenvalue weighted by atomic mass is 19.4. The average molecular weight is 407 g/mol. The molecule has 152 valence electrons. The molecule has 0 aliphatic carbocycles. The Morgan fingerprint density at radius 1 is 1.14 bits per heavy atom. The Hall–Kier alpha value is -3.36. The number of rotatable bonds is 3. The summed E-state index contributed by atoms with van der Waals surface area (Å²) >= 11 is 0. The van der Waals surface area contributed by atoms with Crippen LogP contribution in [0.15, 0.2) is 59.8 Å². The lowest BCUT2D eigenvalue weighted by atomic mass is 9.94. The van der Waals surface area contributed by atoms with Crippen molar-refractivity contribution in [2.75, 3.05) is 12.4 Å². The molecule has 0 aromatic heterocycles. The molecule has 0 bridgehead atoms. The smallest absolute Gasteiger partial charge is 0.327 e. The van der Waals surface area contributed by atoms with Gasteiger partial charge in [0.25, 0.3) is 5.91 Å². The van der Waals surface area contributed by atoms with Gasteiger partial charge in [0.2, 0.25) is 0 Å². The summed E-state index contributed by atoms with van der Waals surface area (Å²) in [6.45, 7) is 1.50. The zero-order chi connectivity index (χ0) is 21.3. The maximum atomic E-state index is 13.7. The van der Waals surface area contributed by atoms with E-state index in [0.29, 0.717) is 5.56 Å². The number of nitrogens with zero attached hydrogens (tertiary/aromatic N) is 1. The highest BCUT2D eigenvalue weighted by Crippen LogP contribution is 2.36. The van der Waals surface area contributed by atoms with Crippen molar-refractivity contribution in [2.24, 2.45) is 0 Å². The number of carbonyl (C=O) groups excluding carboxylic acids is 2. The number of carbonyl (C=O) groups is 2. The molecule has 1 atom stereocenters. The molecule has 1 heterocycles. The summed E-state index contributed by atoms with van der Waals surface area (Å²) in [7, 11) is 1.42. The number of urea groups is 1. The SMILES string of the molecule is CC1=C(C(=O)Nc2ccccc2C(F)(F)F)[C@H](c2cccc(F)c2)NC(=O)N1C. The Kier molecular flexibility index (Phi) is 5.32. The molecule has 0 unspecified atom stereocenters. The fourth-order valence-corrected chi connectivity index (χ4v) is 3.09. The van der Waals surface area contributed by atoms with Crippen LogP contribution in [0.1, 0.15) is 24.1 Å². The van der Waals surface area contributed by atoms with Crippen LogP contribution in [-0.4, -0.2) is 23.9 Å². The number of hydrogen-bond acceptors (Lipinski definition) is 2. The quantitative estimate of drug-likeness (QED) is 0.739. The third-order valence-corrected chi connectivity index (χ3v) is 4.66. The molecule has 0 radical (unpaired) electrons. The predicted molar refractivity (Wildman–Crippen MR) is 98.2 cm³/mol. The van der Waals surface area contributed by atoms with Crippen LogP contribution in [0.2, 0.25) is 0 Å². The van der Waals surface area contributed by atoms with Crippen molar-refractivity contribution in [1.29, 1.82) is 0 Å². The molecule has 1 aliphatic heterocycles. The van der Waals surface area contributed by atoms with Gasteiger partial charge >= 0.3 is 12.2 Å². The van der Waals surface area contributed by atoms with E-state index in [1.54, 1.807) is 0 Å². The topological polar surface area (TPSA) is 61.4 Å². The van der Waals surface area contributed by atoms with Crippen LogP contribution in [0.4, 0.5) is 28.0 Å². The summed E-state index contributed by atoms with van der Waals surface area (Å²) in [4.78, 5) is 26.3. The lowest BCUT2D eigenvalue weighted by Crippen LogP contribution is -2.46. The second-order valence-corrected chi connectivity index (χ2v) is 6.49. The van der Waals surface area contributed by atoms with E-state index in [-0.39, 0.29) is 11.3 Å². The van der Waals surface area contributed by atoms with Gasteiger partial charge in [-0.3, -0.25) is 4.79 Å². The van der Waals surface area contributed by atoms with Crippen molar-refractivity contribution < 1.29 is 27.2 Å². The molecule has 3 rings (SSSR count). The van der Waals surface area contributed by atoms with Crippen LogP contribution in [0, 0.1) is 5.82 Å². The van der Waals surface area contributed by atoms with Crippen molar-refractivity contribution in [2.45, 2.75) is 19.1 Å². The van der Waals surface area contributed by atoms with Crippen LogP contribution in [0.5, 0.6) is 0 Å². The van der Waals surface area contributed by atoms with Gasteiger partial charge in [-0.05, 0) is 36.8 Å². The Labute approximate surface area is 164 Å². The Morgan fingerprint density at radius 3 is 2.48 bits per heavy atom. The average Bonchev–Trinajstić information content (AvgIpc) is 2.65. The van der Waals surface area contributed by atoms with Gasteiger partial charge in [-0.15, -0.1) is 0 Å². The molecule has 0 saturated carbocycles. The van der Waals surface area contributed by atoms with Gasteiger partial charge in [0.1, 0.15) is 5.82 Å². The van der Waals surface area contributed by atoms with Crippen molar-refractivity contribution in [3.63, 3.8) is 0 Å². The Morgan fingerprint density at radius 2 is 1.83 bits per heavy atom. The first-order valence-corrected chi connectivity index (χ1v) is 8.57. The molecule has 2 aromatic rings. The molecule has 2 N–H and O–H groups in total. The minimum Gasteiger partial charge on any atom is -0.327 e. The zero-order valence-electron chi connectivity index (χ0n) is 15.5. The minimum atomic E-state index is -4.66. The van der Waals surface area contributed by atoms with Gasteiger partial charge < -0.3 is 15.5 Å². The van der Waals surface area contributed by atoms with Crippen LogP contribution in [-0.2, 0) is 11.0 Å². The first-order chi connectivity index (χ1) is 13.6. The summed E-state index contributed by atoms with van der Waals surface area (Å²) < 4.78 is 53.4. The summed E-state index contributed by atoms with van der Waals surface area (Å²) in [5.41, 5.74) is -0.871. The number of nitrogens with one attached hydrogen (secondary N) is 2. The van der Waals surface area contributed by atoms with E-state index in [1.165, 1.54) is 49.2 Å². The minimum absolute atomic E-state index is 0.00896. The van der Waals surface area contributed by atoms with Crippen LogP contribution in [0.3, 0.4) is 0 Å².